The molecule has 126 valence electrons. The molecule has 9 heteroatoms. The molecule has 0 radical (unpaired) electrons. The molecule has 0 atom stereocenters. The van der Waals surface area contributed by atoms with Gasteiger partial charge in [-0.25, -0.2) is 9.18 Å². The van der Waals surface area contributed by atoms with Crippen LogP contribution in [0.3, 0.4) is 0 Å². The third-order valence-corrected chi connectivity index (χ3v) is 3.56. The lowest BCUT2D eigenvalue weighted by atomic mass is 10.2. The maximum absolute atomic E-state index is 13.4. The Morgan fingerprint density at radius 3 is 2.92 bits per heavy atom. The van der Waals surface area contributed by atoms with Crippen LogP contribution in [0.15, 0.2) is 39.4 Å². The lowest BCUT2D eigenvalue weighted by Crippen LogP contribution is -2.19. The first kappa shape index (κ1) is 17.7. The number of ether oxygens (including phenoxy) is 2. The number of nitrogens with one attached hydrogen (secondary N) is 1. The molecule has 1 fully saturated rings. The first-order valence-corrected chi connectivity index (χ1v) is 7.66. The van der Waals surface area contributed by atoms with Crippen LogP contribution in [0.1, 0.15) is 12.5 Å². The van der Waals surface area contributed by atoms with E-state index >= 15 is 0 Å². The number of thioether (sulfide) groups is 1. The predicted octanol–water partition coefficient (Wildman–Crippen LogP) is 1.83. The smallest absolute Gasteiger partial charge is 0.331 e. The second-order valence-corrected chi connectivity index (χ2v) is 5.42. The minimum atomic E-state index is -0.638. The van der Waals surface area contributed by atoms with Crippen molar-refractivity contribution in [3.63, 3.8) is 0 Å². The van der Waals surface area contributed by atoms with Gasteiger partial charge in [-0.15, -0.1) is 5.10 Å². The highest BCUT2D eigenvalue weighted by Gasteiger charge is 2.24. The zero-order valence-electron chi connectivity index (χ0n) is 12.9. The Labute approximate surface area is 141 Å². The van der Waals surface area contributed by atoms with E-state index in [9.17, 15) is 14.0 Å². The van der Waals surface area contributed by atoms with Crippen LogP contribution < -0.4 is 10.1 Å². The van der Waals surface area contributed by atoms with Crippen molar-refractivity contribution in [2.75, 3.05) is 13.7 Å². The molecule has 7 nitrogen and oxygen atoms in total. The summed E-state index contributed by atoms with van der Waals surface area (Å²) in [6.07, 6.45) is 2.39. The Balaban J connectivity index is 2.08. The average molecular weight is 351 g/mol. The molecule has 2 rings (SSSR count). The number of carbonyl (C=O) groups is 2. The number of methoxy groups -OCH3 is 1. The summed E-state index contributed by atoms with van der Waals surface area (Å²) in [4.78, 5) is 22.9. The maximum Gasteiger partial charge on any atom is 0.331 e. The number of carbonyl (C=O) groups excluding carboxylic acids is 2. The molecule has 0 saturated carbocycles. The van der Waals surface area contributed by atoms with Crippen molar-refractivity contribution in [1.29, 1.82) is 0 Å². The van der Waals surface area contributed by atoms with E-state index in [4.69, 9.17) is 4.74 Å². The van der Waals surface area contributed by atoms with Gasteiger partial charge in [-0.05, 0) is 30.8 Å². The van der Waals surface area contributed by atoms with Gasteiger partial charge >= 0.3 is 5.97 Å². The summed E-state index contributed by atoms with van der Waals surface area (Å²) in [5.74, 6) is -1.18. The molecule has 24 heavy (non-hydrogen) atoms. The Kier molecular flexibility index (Phi) is 6.07. The zero-order valence-corrected chi connectivity index (χ0v) is 13.7. The molecule has 1 aliphatic rings. The number of amides is 1. The number of benzene rings is 1. The molecule has 1 aromatic carbocycles. The van der Waals surface area contributed by atoms with Crippen molar-refractivity contribution in [2.24, 2.45) is 10.2 Å². The van der Waals surface area contributed by atoms with E-state index in [0.29, 0.717) is 17.9 Å². The number of hydrogen-bond acceptors (Lipinski definition) is 7. The van der Waals surface area contributed by atoms with Gasteiger partial charge in [0.15, 0.2) is 5.17 Å². The largest absolute Gasteiger partial charge is 0.494 e. The minimum Gasteiger partial charge on any atom is -0.494 e. The van der Waals surface area contributed by atoms with Crippen LogP contribution in [0.2, 0.25) is 0 Å². The van der Waals surface area contributed by atoms with E-state index in [0.717, 1.165) is 17.8 Å². The minimum absolute atomic E-state index is 0.153. The molecular formula is C15H14FN3O4S. The van der Waals surface area contributed by atoms with Gasteiger partial charge in [0.05, 0.1) is 24.8 Å². The third-order valence-electron chi connectivity index (χ3n) is 2.66. The van der Waals surface area contributed by atoms with Crippen LogP contribution in [-0.2, 0) is 14.3 Å². The molecule has 1 aromatic rings. The van der Waals surface area contributed by atoms with Crippen molar-refractivity contribution in [3.05, 3.63) is 40.6 Å². The van der Waals surface area contributed by atoms with Gasteiger partial charge in [0.1, 0.15) is 11.6 Å². The fourth-order valence-corrected chi connectivity index (χ4v) is 2.44. The molecule has 0 aliphatic carbocycles. The Morgan fingerprint density at radius 1 is 1.42 bits per heavy atom. The monoisotopic (exact) mass is 351 g/mol. The van der Waals surface area contributed by atoms with E-state index in [1.54, 1.807) is 13.0 Å². The summed E-state index contributed by atoms with van der Waals surface area (Å²) < 4.78 is 23.1. The van der Waals surface area contributed by atoms with Crippen molar-refractivity contribution in [1.82, 2.24) is 5.32 Å². The highest BCUT2D eigenvalue weighted by Crippen LogP contribution is 2.23. The van der Waals surface area contributed by atoms with Gasteiger partial charge in [0.2, 0.25) is 0 Å². The summed E-state index contributed by atoms with van der Waals surface area (Å²) >= 11 is 0.949. The van der Waals surface area contributed by atoms with E-state index in [1.807, 2.05) is 0 Å². The first-order valence-electron chi connectivity index (χ1n) is 6.85. The fraction of sp³-hybridized carbons (Fsp3) is 0.200. The fourth-order valence-electron chi connectivity index (χ4n) is 1.70. The van der Waals surface area contributed by atoms with Crippen LogP contribution in [0.25, 0.3) is 0 Å². The number of amidine groups is 1. The van der Waals surface area contributed by atoms with Crippen LogP contribution >= 0.6 is 11.8 Å². The summed E-state index contributed by atoms with van der Waals surface area (Å²) in [6, 6.07) is 4.15. The van der Waals surface area contributed by atoms with Crippen molar-refractivity contribution < 1.29 is 23.5 Å². The van der Waals surface area contributed by atoms with Crippen LogP contribution in [-0.4, -0.2) is 37.0 Å². The average Bonchev–Trinajstić information content (AvgIpc) is 2.87. The summed E-state index contributed by atoms with van der Waals surface area (Å²) in [7, 11) is 1.21. The van der Waals surface area contributed by atoms with Gasteiger partial charge in [-0.1, -0.05) is 0 Å². The second-order valence-electron chi connectivity index (χ2n) is 4.39. The van der Waals surface area contributed by atoms with Crippen LogP contribution in [0, 0.1) is 5.82 Å². The number of hydrogen-bond donors (Lipinski definition) is 1. The summed E-state index contributed by atoms with van der Waals surface area (Å²) in [6.45, 7) is 2.21. The zero-order chi connectivity index (χ0) is 17.5. The Bertz CT molecular complexity index is 746. The van der Waals surface area contributed by atoms with E-state index < -0.39 is 17.7 Å². The first-order chi connectivity index (χ1) is 11.5. The molecule has 1 saturated heterocycles. The lowest BCUT2D eigenvalue weighted by Gasteiger charge is -2.03. The highest BCUT2D eigenvalue weighted by atomic mass is 32.2. The van der Waals surface area contributed by atoms with Crippen molar-refractivity contribution in [3.8, 4) is 5.75 Å². The van der Waals surface area contributed by atoms with E-state index in [-0.39, 0.29) is 10.1 Å². The van der Waals surface area contributed by atoms with Crippen molar-refractivity contribution >= 4 is 35.0 Å². The maximum atomic E-state index is 13.4. The number of esters is 1. The predicted molar refractivity (Wildman–Crippen MR) is 88.4 cm³/mol. The number of halogens is 1. The molecule has 0 bridgehead atoms. The number of nitrogens with zero attached hydrogens (tertiary/aromatic N) is 2. The molecule has 1 aliphatic heterocycles. The van der Waals surface area contributed by atoms with E-state index in [1.165, 1.54) is 25.5 Å². The number of rotatable bonds is 5. The third kappa shape index (κ3) is 4.92. The van der Waals surface area contributed by atoms with E-state index in [2.05, 4.69) is 20.3 Å². The quantitative estimate of drug-likeness (QED) is 0.378. The SMILES string of the molecule is CCOc1cc(F)cc(C=N/N=C2/NC(=O)/C(=C\C(=O)OC)S2)c1. The van der Waals surface area contributed by atoms with Gasteiger partial charge in [0, 0.05) is 17.7 Å². The lowest BCUT2D eigenvalue weighted by molar-refractivity contribution is -0.135. The molecule has 1 amide bonds. The normalized spacial score (nSPS) is 17.5. The van der Waals surface area contributed by atoms with Gasteiger partial charge < -0.3 is 9.47 Å². The topological polar surface area (TPSA) is 89.4 Å². The Morgan fingerprint density at radius 2 is 2.21 bits per heavy atom. The van der Waals surface area contributed by atoms with Crippen LogP contribution in [0.5, 0.6) is 5.75 Å². The van der Waals surface area contributed by atoms with Gasteiger partial charge in [-0.3, -0.25) is 10.1 Å². The van der Waals surface area contributed by atoms with Gasteiger partial charge in [-0.2, -0.15) is 5.10 Å². The van der Waals surface area contributed by atoms with Crippen LogP contribution in [0.4, 0.5) is 4.39 Å². The van der Waals surface area contributed by atoms with Crippen molar-refractivity contribution in [2.45, 2.75) is 6.92 Å². The molecule has 1 N–H and O–H groups in total. The standard InChI is InChI=1S/C15H14FN3O4S/c1-3-23-11-5-9(4-10(16)6-11)8-17-19-15-18-14(21)12(24-15)7-13(20)22-2/h4-8H,3H2,1-2H3,(H,18,19,21)/b12-7+,17-8?. The molecule has 0 unspecified atom stereocenters. The van der Waals surface area contributed by atoms with Gasteiger partial charge in [0.25, 0.3) is 5.91 Å². The summed E-state index contributed by atoms with van der Waals surface area (Å²) in [5, 5.41) is 10.3. The molecular weight excluding hydrogens is 337 g/mol. The molecule has 0 aromatic heterocycles. The Hall–Kier alpha value is -2.68. The molecule has 0 spiro atoms. The molecule has 1 heterocycles. The summed E-state index contributed by atoms with van der Waals surface area (Å²) in [5.41, 5.74) is 0.461. The second kappa shape index (κ2) is 8.25. The highest BCUT2D eigenvalue weighted by molar-refractivity contribution is 8.18.